The average Bonchev–Trinajstić information content (AvgIpc) is 2.62. The van der Waals surface area contributed by atoms with Crippen LogP contribution in [0.1, 0.15) is 28.7 Å². The number of alkyl halides is 3. The molecule has 2 unspecified atom stereocenters. The lowest BCUT2D eigenvalue weighted by molar-refractivity contribution is -0.138. The molecule has 2 aliphatic rings. The predicted octanol–water partition coefficient (Wildman–Crippen LogP) is 5.07. The third kappa shape index (κ3) is 3.80. The Labute approximate surface area is 157 Å². The number of fused-ring (bicyclic) bond motifs is 2. The molecule has 142 valence electrons. The van der Waals surface area contributed by atoms with Gasteiger partial charge in [0.05, 0.1) is 24.8 Å². The minimum Gasteiger partial charge on any atom is -0.378 e. The van der Waals surface area contributed by atoms with Crippen molar-refractivity contribution in [1.82, 2.24) is 4.90 Å². The molecule has 27 heavy (non-hydrogen) atoms. The maximum absolute atomic E-state index is 13.3. The van der Waals surface area contributed by atoms with Crippen LogP contribution in [0, 0.1) is 6.92 Å². The summed E-state index contributed by atoms with van der Waals surface area (Å²) in [5.74, 6) is 0. The van der Waals surface area contributed by atoms with Gasteiger partial charge in [-0.2, -0.15) is 13.2 Å². The van der Waals surface area contributed by atoms with E-state index in [0.29, 0.717) is 25.2 Å². The first-order chi connectivity index (χ1) is 12.9. The van der Waals surface area contributed by atoms with Crippen molar-refractivity contribution in [2.45, 2.75) is 38.1 Å². The van der Waals surface area contributed by atoms with Gasteiger partial charge in [-0.3, -0.25) is 4.90 Å². The second kappa shape index (κ2) is 7.13. The average molecular weight is 373 g/mol. The first-order valence-corrected chi connectivity index (χ1v) is 9.18. The number of aryl methyl sites for hydroxylation is 1. The Bertz CT molecular complexity index is 844. The largest absolute Gasteiger partial charge is 0.416 e. The summed E-state index contributed by atoms with van der Waals surface area (Å²) in [4.78, 5) is 2.40. The number of nitrogens with zero attached hydrogens (tertiary/aromatic N) is 1. The molecule has 4 rings (SSSR count). The Morgan fingerprint density at radius 2 is 1.85 bits per heavy atom. The van der Waals surface area contributed by atoms with Crippen molar-refractivity contribution in [2.24, 2.45) is 0 Å². The molecule has 1 fully saturated rings. The highest BCUT2D eigenvalue weighted by Crippen LogP contribution is 2.37. The molecule has 0 saturated carbocycles. The molecule has 0 amide bonds. The van der Waals surface area contributed by atoms with E-state index in [1.54, 1.807) is 12.1 Å². The van der Waals surface area contributed by atoms with Crippen LogP contribution in [0.3, 0.4) is 0 Å². The molecule has 0 spiro atoms. The van der Waals surface area contributed by atoms with Crippen LogP contribution in [0.4, 0.5) is 13.2 Å². The summed E-state index contributed by atoms with van der Waals surface area (Å²) < 4.78 is 45.6. The highest BCUT2D eigenvalue weighted by molar-refractivity contribution is 5.69. The number of hydrogen-bond donors (Lipinski definition) is 0. The summed E-state index contributed by atoms with van der Waals surface area (Å²) in [5, 5.41) is 0. The number of hydrogen-bond acceptors (Lipinski definition) is 2. The van der Waals surface area contributed by atoms with Crippen LogP contribution >= 0.6 is 0 Å². The molecule has 0 aliphatic carbocycles. The quantitative estimate of drug-likeness (QED) is 0.745. The fourth-order valence-electron chi connectivity index (χ4n) is 4.04. The number of benzene rings is 2. The van der Waals surface area contributed by atoms with Crippen molar-refractivity contribution < 1.29 is 17.9 Å². The van der Waals surface area contributed by atoms with Gasteiger partial charge in [-0.15, -0.1) is 0 Å². The second-order valence-electron chi connectivity index (χ2n) is 7.34. The smallest absolute Gasteiger partial charge is 0.378 e. The molecule has 0 aromatic heterocycles. The van der Waals surface area contributed by atoms with Gasteiger partial charge in [0, 0.05) is 12.6 Å². The van der Waals surface area contributed by atoms with Gasteiger partial charge in [0.2, 0.25) is 0 Å². The van der Waals surface area contributed by atoms with Gasteiger partial charge in [0.1, 0.15) is 0 Å². The highest BCUT2D eigenvalue weighted by Gasteiger charge is 2.36. The van der Waals surface area contributed by atoms with Crippen molar-refractivity contribution in [3.05, 3.63) is 76.9 Å². The van der Waals surface area contributed by atoms with Crippen molar-refractivity contribution in [2.75, 3.05) is 13.2 Å². The Morgan fingerprint density at radius 1 is 1.07 bits per heavy atom. The van der Waals surface area contributed by atoms with E-state index in [-0.39, 0.29) is 17.6 Å². The van der Waals surface area contributed by atoms with E-state index in [0.717, 1.165) is 12.1 Å². The van der Waals surface area contributed by atoms with E-state index in [4.69, 9.17) is 4.74 Å². The van der Waals surface area contributed by atoms with Crippen molar-refractivity contribution in [3.8, 4) is 0 Å². The third-order valence-corrected chi connectivity index (χ3v) is 5.46. The maximum Gasteiger partial charge on any atom is 0.416 e. The lowest BCUT2D eigenvalue weighted by atomic mass is 9.88. The first kappa shape index (κ1) is 18.3. The predicted molar refractivity (Wildman–Crippen MR) is 99.2 cm³/mol. The molecular formula is C22H22F3NO. The van der Waals surface area contributed by atoms with Crippen LogP contribution in [0.25, 0.3) is 5.57 Å². The summed E-state index contributed by atoms with van der Waals surface area (Å²) in [6.45, 7) is 3.51. The molecule has 1 saturated heterocycles. The second-order valence-corrected chi connectivity index (χ2v) is 7.34. The first-order valence-electron chi connectivity index (χ1n) is 9.18. The van der Waals surface area contributed by atoms with Crippen molar-refractivity contribution in [1.29, 1.82) is 0 Å². The van der Waals surface area contributed by atoms with E-state index in [1.165, 1.54) is 18.6 Å². The van der Waals surface area contributed by atoms with Crippen LogP contribution in [0.2, 0.25) is 0 Å². The van der Waals surface area contributed by atoms with Gasteiger partial charge in [-0.25, -0.2) is 0 Å². The van der Waals surface area contributed by atoms with E-state index in [1.807, 2.05) is 18.2 Å². The summed E-state index contributed by atoms with van der Waals surface area (Å²) in [7, 11) is 0. The van der Waals surface area contributed by atoms with Gasteiger partial charge < -0.3 is 4.74 Å². The zero-order chi connectivity index (χ0) is 19.0. The normalized spacial score (nSPS) is 23.2. The highest BCUT2D eigenvalue weighted by atomic mass is 19.4. The number of morpholine rings is 1. The van der Waals surface area contributed by atoms with Crippen molar-refractivity contribution in [3.63, 3.8) is 0 Å². The Kier molecular flexibility index (Phi) is 4.82. The SMILES string of the molecule is Cc1ccc(C2=CC3COCC(C2)N3Cc2ccccc2)cc1C(F)(F)F. The molecule has 2 heterocycles. The Hall–Kier alpha value is -2.11. The minimum atomic E-state index is -4.33. The summed E-state index contributed by atoms with van der Waals surface area (Å²) in [5.41, 5.74) is 2.61. The molecule has 0 radical (unpaired) electrons. The van der Waals surface area contributed by atoms with E-state index < -0.39 is 11.7 Å². The van der Waals surface area contributed by atoms with Crippen LogP contribution in [0.15, 0.2) is 54.6 Å². The molecule has 2 aromatic rings. The zero-order valence-electron chi connectivity index (χ0n) is 15.2. The van der Waals surface area contributed by atoms with Crippen LogP contribution < -0.4 is 0 Å². The maximum atomic E-state index is 13.3. The van der Waals surface area contributed by atoms with E-state index in [2.05, 4.69) is 23.1 Å². The van der Waals surface area contributed by atoms with Gasteiger partial charge >= 0.3 is 6.18 Å². The Morgan fingerprint density at radius 3 is 2.56 bits per heavy atom. The lowest BCUT2D eigenvalue weighted by Gasteiger charge is -2.45. The number of ether oxygens (including phenoxy) is 1. The van der Waals surface area contributed by atoms with Crippen LogP contribution in [-0.2, 0) is 17.5 Å². The monoisotopic (exact) mass is 373 g/mol. The minimum absolute atomic E-state index is 0.0864. The topological polar surface area (TPSA) is 12.5 Å². The van der Waals surface area contributed by atoms with E-state index >= 15 is 0 Å². The molecular weight excluding hydrogens is 351 g/mol. The fourth-order valence-corrected chi connectivity index (χ4v) is 4.04. The summed E-state index contributed by atoms with van der Waals surface area (Å²) in [6.07, 6.45) is -1.54. The van der Waals surface area contributed by atoms with Crippen LogP contribution in [0.5, 0.6) is 0 Å². The molecule has 5 heteroatoms. The lowest BCUT2D eigenvalue weighted by Crippen LogP contribution is -2.53. The van der Waals surface area contributed by atoms with Gasteiger partial charge in [0.15, 0.2) is 0 Å². The molecule has 2 nitrogen and oxygen atoms in total. The van der Waals surface area contributed by atoms with Gasteiger partial charge in [-0.1, -0.05) is 48.5 Å². The molecule has 2 aromatic carbocycles. The summed E-state index contributed by atoms with van der Waals surface area (Å²) >= 11 is 0. The number of rotatable bonds is 3. The van der Waals surface area contributed by atoms with Gasteiger partial charge in [0.25, 0.3) is 0 Å². The molecule has 2 atom stereocenters. The van der Waals surface area contributed by atoms with E-state index in [9.17, 15) is 13.2 Å². The zero-order valence-corrected chi connectivity index (χ0v) is 15.2. The summed E-state index contributed by atoms with van der Waals surface area (Å²) in [6, 6.07) is 15.2. The third-order valence-electron chi connectivity index (χ3n) is 5.46. The standard InChI is InChI=1S/C22H22F3NO/c1-15-7-8-17(11-21(15)22(23,24)25)18-9-19-13-27-14-20(10-18)26(19)12-16-5-3-2-4-6-16/h2-9,11,19-20H,10,12-14H2,1H3. The fraction of sp³-hybridized carbons (Fsp3) is 0.364. The molecule has 2 bridgehead atoms. The molecule has 0 N–H and O–H groups in total. The van der Waals surface area contributed by atoms with Gasteiger partial charge in [-0.05, 0) is 41.7 Å². The number of halogens is 3. The van der Waals surface area contributed by atoms with Crippen LogP contribution in [-0.4, -0.2) is 30.2 Å². The Balaban J connectivity index is 1.63. The van der Waals surface area contributed by atoms with Crippen molar-refractivity contribution >= 4 is 5.57 Å². The molecule has 2 aliphatic heterocycles.